The maximum absolute atomic E-state index is 11.3. The largest absolute Gasteiger partial charge is 0.462 e. The maximum Gasteiger partial charge on any atom is 0.345 e. The van der Waals surface area contributed by atoms with Crippen LogP contribution in [0.2, 0.25) is 0 Å². The molecule has 0 atom stereocenters. The summed E-state index contributed by atoms with van der Waals surface area (Å²) in [6.07, 6.45) is 2.55. The van der Waals surface area contributed by atoms with Crippen molar-refractivity contribution in [2.24, 2.45) is 7.05 Å². The maximum atomic E-state index is 11.3. The molecule has 0 saturated carbocycles. The van der Waals surface area contributed by atoms with Crippen LogP contribution >= 0.6 is 0 Å². The van der Waals surface area contributed by atoms with E-state index in [2.05, 4.69) is 9.72 Å². The minimum Gasteiger partial charge on any atom is -0.462 e. The first-order valence-electron chi connectivity index (χ1n) is 3.84. The van der Waals surface area contributed by atoms with Crippen LogP contribution in [-0.2, 0) is 11.8 Å². The highest BCUT2D eigenvalue weighted by atomic mass is 16.5. The third-order valence-electron chi connectivity index (χ3n) is 1.49. The molecular formula is C8H10N2O3. The fraction of sp³-hybridized carbons (Fsp3) is 0.375. The average molecular weight is 182 g/mol. The lowest BCUT2D eigenvalue weighted by Crippen LogP contribution is -2.25. The average Bonchev–Trinajstić information content (AvgIpc) is 2.10. The molecule has 0 aliphatic heterocycles. The molecule has 1 aromatic heterocycles. The van der Waals surface area contributed by atoms with E-state index >= 15 is 0 Å². The quantitative estimate of drug-likeness (QED) is 0.602. The van der Waals surface area contributed by atoms with Gasteiger partial charge in [-0.15, -0.1) is 0 Å². The van der Waals surface area contributed by atoms with Gasteiger partial charge in [-0.3, -0.25) is 4.79 Å². The minimum absolute atomic E-state index is 0.0353. The summed E-state index contributed by atoms with van der Waals surface area (Å²) >= 11 is 0. The van der Waals surface area contributed by atoms with Gasteiger partial charge in [0.05, 0.1) is 12.9 Å². The molecule has 0 saturated heterocycles. The van der Waals surface area contributed by atoms with Gasteiger partial charge in [0.25, 0.3) is 5.56 Å². The first kappa shape index (κ1) is 9.44. The zero-order valence-corrected chi connectivity index (χ0v) is 7.48. The van der Waals surface area contributed by atoms with E-state index in [0.717, 1.165) is 0 Å². The summed E-state index contributed by atoms with van der Waals surface area (Å²) < 4.78 is 5.90. The molecule has 70 valence electrons. The van der Waals surface area contributed by atoms with Crippen LogP contribution in [0, 0.1) is 0 Å². The molecule has 0 aromatic carbocycles. The van der Waals surface area contributed by atoms with E-state index in [0.29, 0.717) is 0 Å². The monoisotopic (exact) mass is 182 g/mol. The van der Waals surface area contributed by atoms with E-state index in [1.165, 1.54) is 24.1 Å². The molecule has 0 N–H and O–H groups in total. The van der Waals surface area contributed by atoms with Gasteiger partial charge in [0, 0.05) is 13.2 Å². The number of rotatable bonds is 2. The molecule has 0 fully saturated rings. The molecular weight excluding hydrogens is 172 g/mol. The molecule has 5 nitrogen and oxygen atoms in total. The van der Waals surface area contributed by atoms with Gasteiger partial charge in [-0.2, -0.15) is 0 Å². The standard InChI is InChI=1S/C8H10N2O3/c1-3-13-8(12)6-4-9-5-10(2)7(6)11/h4-5H,3H2,1-2H3. The Morgan fingerprint density at radius 3 is 3.00 bits per heavy atom. The molecule has 0 bridgehead atoms. The van der Waals surface area contributed by atoms with E-state index in [4.69, 9.17) is 0 Å². The van der Waals surface area contributed by atoms with Gasteiger partial charge in [0.1, 0.15) is 5.56 Å². The number of aryl methyl sites for hydroxylation is 1. The number of ether oxygens (including phenoxy) is 1. The van der Waals surface area contributed by atoms with Gasteiger partial charge in [0.15, 0.2) is 0 Å². The second kappa shape index (κ2) is 3.84. The zero-order chi connectivity index (χ0) is 9.84. The van der Waals surface area contributed by atoms with Crippen molar-refractivity contribution in [2.45, 2.75) is 6.92 Å². The summed E-state index contributed by atoms with van der Waals surface area (Å²) in [7, 11) is 1.53. The number of nitrogens with zero attached hydrogens (tertiary/aromatic N) is 2. The highest BCUT2D eigenvalue weighted by Gasteiger charge is 2.11. The summed E-state index contributed by atoms with van der Waals surface area (Å²) in [6, 6.07) is 0. The smallest absolute Gasteiger partial charge is 0.345 e. The Bertz CT molecular complexity index is 370. The molecule has 0 unspecified atom stereocenters. The van der Waals surface area contributed by atoms with Crippen LogP contribution in [0.5, 0.6) is 0 Å². The van der Waals surface area contributed by atoms with Gasteiger partial charge in [-0.25, -0.2) is 9.78 Å². The molecule has 13 heavy (non-hydrogen) atoms. The second-order valence-electron chi connectivity index (χ2n) is 2.44. The van der Waals surface area contributed by atoms with Crippen LogP contribution in [0.1, 0.15) is 17.3 Å². The van der Waals surface area contributed by atoms with Gasteiger partial charge < -0.3 is 9.30 Å². The Morgan fingerprint density at radius 2 is 2.38 bits per heavy atom. The predicted octanol–water partition coefficient (Wildman–Crippen LogP) is -0.0430. The summed E-state index contributed by atoms with van der Waals surface area (Å²) in [5.74, 6) is -0.629. The zero-order valence-electron chi connectivity index (χ0n) is 7.48. The summed E-state index contributed by atoms with van der Waals surface area (Å²) in [5.41, 5.74) is -0.430. The SMILES string of the molecule is CCOC(=O)c1cncn(C)c1=O. The molecule has 0 amide bonds. The number of carbonyl (C=O) groups excluding carboxylic acids is 1. The van der Waals surface area contributed by atoms with E-state index in [9.17, 15) is 9.59 Å². The highest BCUT2D eigenvalue weighted by molar-refractivity contribution is 5.88. The molecule has 0 spiro atoms. The Labute approximate surface area is 75.0 Å². The van der Waals surface area contributed by atoms with Gasteiger partial charge in [-0.1, -0.05) is 0 Å². The molecule has 0 aliphatic rings. The summed E-state index contributed by atoms with van der Waals surface area (Å²) in [6.45, 7) is 1.93. The Hall–Kier alpha value is -1.65. The van der Waals surface area contributed by atoms with E-state index in [1.807, 2.05) is 0 Å². The lowest BCUT2D eigenvalue weighted by Gasteiger charge is -2.01. The van der Waals surface area contributed by atoms with Crippen LogP contribution in [-0.4, -0.2) is 22.1 Å². The molecule has 1 aromatic rings. The van der Waals surface area contributed by atoms with Crippen LogP contribution in [0.25, 0.3) is 0 Å². The normalized spacial score (nSPS) is 9.69. The minimum atomic E-state index is -0.629. The van der Waals surface area contributed by atoms with Crippen LogP contribution in [0.3, 0.4) is 0 Å². The van der Waals surface area contributed by atoms with Crippen molar-refractivity contribution < 1.29 is 9.53 Å². The van der Waals surface area contributed by atoms with Crippen LogP contribution in [0.4, 0.5) is 0 Å². The van der Waals surface area contributed by atoms with E-state index < -0.39 is 11.5 Å². The summed E-state index contributed by atoms with van der Waals surface area (Å²) in [5, 5.41) is 0. The lowest BCUT2D eigenvalue weighted by atomic mass is 10.3. The van der Waals surface area contributed by atoms with E-state index in [1.54, 1.807) is 6.92 Å². The van der Waals surface area contributed by atoms with Crippen molar-refractivity contribution in [3.8, 4) is 0 Å². The highest BCUT2D eigenvalue weighted by Crippen LogP contribution is 1.91. The first-order valence-corrected chi connectivity index (χ1v) is 3.84. The first-order chi connectivity index (χ1) is 6.16. The third-order valence-corrected chi connectivity index (χ3v) is 1.49. The van der Waals surface area contributed by atoms with Crippen molar-refractivity contribution in [3.63, 3.8) is 0 Å². The van der Waals surface area contributed by atoms with Crippen LogP contribution in [0.15, 0.2) is 17.3 Å². The fourth-order valence-electron chi connectivity index (χ4n) is 0.854. The molecule has 1 heterocycles. The number of hydrogen-bond donors (Lipinski definition) is 0. The Kier molecular flexibility index (Phi) is 2.79. The number of hydrogen-bond acceptors (Lipinski definition) is 4. The number of carbonyl (C=O) groups is 1. The van der Waals surface area contributed by atoms with Gasteiger partial charge in [-0.05, 0) is 6.92 Å². The van der Waals surface area contributed by atoms with Crippen molar-refractivity contribution in [3.05, 3.63) is 28.4 Å². The lowest BCUT2D eigenvalue weighted by molar-refractivity contribution is 0.0523. The van der Waals surface area contributed by atoms with Crippen molar-refractivity contribution in [1.29, 1.82) is 0 Å². The topological polar surface area (TPSA) is 61.2 Å². The fourth-order valence-corrected chi connectivity index (χ4v) is 0.854. The van der Waals surface area contributed by atoms with Gasteiger partial charge in [0.2, 0.25) is 0 Å². The van der Waals surface area contributed by atoms with Gasteiger partial charge >= 0.3 is 5.97 Å². The van der Waals surface area contributed by atoms with Crippen LogP contribution < -0.4 is 5.56 Å². The Morgan fingerprint density at radius 1 is 1.69 bits per heavy atom. The number of aromatic nitrogens is 2. The molecule has 0 radical (unpaired) electrons. The Balaban J connectivity index is 3.08. The van der Waals surface area contributed by atoms with Crippen molar-refractivity contribution in [2.75, 3.05) is 6.61 Å². The molecule has 5 heteroatoms. The molecule has 1 rings (SSSR count). The number of esters is 1. The third kappa shape index (κ3) is 1.93. The van der Waals surface area contributed by atoms with Crippen molar-refractivity contribution >= 4 is 5.97 Å². The second-order valence-corrected chi connectivity index (χ2v) is 2.44. The van der Waals surface area contributed by atoms with Crippen molar-refractivity contribution in [1.82, 2.24) is 9.55 Å². The summed E-state index contributed by atoms with van der Waals surface area (Å²) in [4.78, 5) is 26.2. The predicted molar refractivity (Wildman–Crippen MR) is 45.4 cm³/mol. The molecule has 0 aliphatic carbocycles. The van der Waals surface area contributed by atoms with E-state index in [-0.39, 0.29) is 12.2 Å².